The summed E-state index contributed by atoms with van der Waals surface area (Å²) in [5.74, 6) is -0.520. The van der Waals surface area contributed by atoms with Gasteiger partial charge in [-0.05, 0) is 43.0 Å². The molecule has 0 aliphatic heterocycles. The summed E-state index contributed by atoms with van der Waals surface area (Å²) in [5, 5.41) is 24.3. The molecular weight excluding hydrogens is 287 g/mol. The Morgan fingerprint density at radius 3 is 2.81 bits per heavy atom. The molecule has 2 rings (SSSR count). The number of benzene rings is 1. The van der Waals surface area contributed by atoms with E-state index in [9.17, 15) is 9.50 Å². The van der Waals surface area contributed by atoms with E-state index in [0.29, 0.717) is 6.54 Å². The van der Waals surface area contributed by atoms with Gasteiger partial charge >= 0.3 is 0 Å². The molecule has 1 aromatic heterocycles. The molecule has 2 unspecified atom stereocenters. The monoisotopic (exact) mass is 304 g/mol. The van der Waals surface area contributed by atoms with Crippen LogP contribution >= 0.6 is 11.3 Å². The highest BCUT2D eigenvalue weighted by atomic mass is 32.1. The van der Waals surface area contributed by atoms with Gasteiger partial charge < -0.3 is 10.4 Å². The summed E-state index contributed by atoms with van der Waals surface area (Å²) in [6.45, 7) is 4.00. The van der Waals surface area contributed by atoms with Crippen molar-refractivity contribution in [3.8, 4) is 6.07 Å². The fourth-order valence-electron chi connectivity index (χ4n) is 2.03. The lowest BCUT2D eigenvalue weighted by atomic mass is 10.0. The van der Waals surface area contributed by atoms with Crippen LogP contribution in [0.3, 0.4) is 0 Å². The minimum atomic E-state index is -0.965. The summed E-state index contributed by atoms with van der Waals surface area (Å²) in [7, 11) is 0. The second-order valence-electron chi connectivity index (χ2n) is 5.20. The zero-order chi connectivity index (χ0) is 15.5. The molecule has 0 aliphatic carbocycles. The fourth-order valence-corrected chi connectivity index (χ4v) is 2.82. The normalized spacial score (nSPS) is 15.2. The van der Waals surface area contributed by atoms with Gasteiger partial charge in [-0.3, -0.25) is 0 Å². The summed E-state index contributed by atoms with van der Waals surface area (Å²) in [5.41, 5.74) is -0.182. The summed E-state index contributed by atoms with van der Waals surface area (Å²) < 4.78 is 13.6. The van der Waals surface area contributed by atoms with Crippen molar-refractivity contribution in [3.05, 3.63) is 57.5 Å². The molecule has 1 aromatic carbocycles. The highest BCUT2D eigenvalue weighted by Crippen LogP contribution is 2.25. The van der Waals surface area contributed by atoms with Crippen LogP contribution < -0.4 is 5.32 Å². The lowest BCUT2D eigenvalue weighted by molar-refractivity contribution is 0.0581. The van der Waals surface area contributed by atoms with Crippen molar-refractivity contribution in [2.24, 2.45) is 0 Å². The molecule has 0 amide bonds. The standard InChI is InChI=1S/C16H17FN2OS/c1-11(12-5-6-13(9-18)14(17)8-12)19-10-16(2,20)15-4-3-7-21-15/h3-8,11,19-20H,10H2,1-2H3. The van der Waals surface area contributed by atoms with E-state index in [1.54, 1.807) is 19.1 Å². The maximum Gasteiger partial charge on any atom is 0.141 e. The van der Waals surface area contributed by atoms with Crippen molar-refractivity contribution in [2.45, 2.75) is 25.5 Å². The smallest absolute Gasteiger partial charge is 0.141 e. The van der Waals surface area contributed by atoms with Crippen molar-refractivity contribution in [1.29, 1.82) is 5.26 Å². The van der Waals surface area contributed by atoms with E-state index < -0.39 is 11.4 Å². The molecule has 0 aliphatic rings. The fraction of sp³-hybridized carbons (Fsp3) is 0.312. The van der Waals surface area contributed by atoms with Crippen LogP contribution in [-0.2, 0) is 5.60 Å². The SMILES string of the molecule is CC(NCC(C)(O)c1cccs1)c1ccc(C#N)c(F)c1. The Labute approximate surface area is 127 Å². The molecule has 1 heterocycles. The lowest BCUT2D eigenvalue weighted by Gasteiger charge is -2.25. The van der Waals surface area contributed by atoms with E-state index in [-0.39, 0.29) is 11.6 Å². The van der Waals surface area contributed by atoms with Gasteiger partial charge in [0.05, 0.1) is 5.56 Å². The highest BCUT2D eigenvalue weighted by molar-refractivity contribution is 7.10. The predicted octanol–water partition coefficient (Wildman–Crippen LogP) is 3.32. The molecule has 21 heavy (non-hydrogen) atoms. The van der Waals surface area contributed by atoms with Crippen LogP contribution in [-0.4, -0.2) is 11.7 Å². The molecule has 3 nitrogen and oxygen atoms in total. The first-order valence-electron chi connectivity index (χ1n) is 6.63. The van der Waals surface area contributed by atoms with Gasteiger partial charge in [-0.2, -0.15) is 5.26 Å². The summed E-state index contributed by atoms with van der Waals surface area (Å²) >= 11 is 1.50. The molecular formula is C16H17FN2OS. The van der Waals surface area contributed by atoms with Gasteiger partial charge in [-0.1, -0.05) is 12.1 Å². The maximum absolute atomic E-state index is 13.6. The van der Waals surface area contributed by atoms with Crippen molar-refractivity contribution in [3.63, 3.8) is 0 Å². The molecule has 0 bridgehead atoms. The Bertz CT molecular complexity index is 647. The van der Waals surface area contributed by atoms with Crippen LogP contribution in [0.5, 0.6) is 0 Å². The van der Waals surface area contributed by atoms with E-state index in [1.165, 1.54) is 23.5 Å². The van der Waals surface area contributed by atoms with Gasteiger partial charge in [-0.15, -0.1) is 11.3 Å². The first-order chi connectivity index (χ1) is 9.94. The van der Waals surface area contributed by atoms with E-state index >= 15 is 0 Å². The zero-order valence-corrected chi connectivity index (χ0v) is 12.7. The van der Waals surface area contributed by atoms with Crippen molar-refractivity contribution in [1.82, 2.24) is 5.32 Å². The average molecular weight is 304 g/mol. The van der Waals surface area contributed by atoms with Crippen LogP contribution in [0.25, 0.3) is 0 Å². The predicted molar refractivity (Wildman–Crippen MR) is 81.4 cm³/mol. The molecule has 2 N–H and O–H groups in total. The van der Waals surface area contributed by atoms with Crippen LogP contribution in [0.15, 0.2) is 35.7 Å². The van der Waals surface area contributed by atoms with Crippen molar-refractivity contribution >= 4 is 11.3 Å². The van der Waals surface area contributed by atoms with Crippen LogP contribution in [0, 0.1) is 17.1 Å². The Kier molecular flexibility index (Phi) is 4.73. The number of nitriles is 1. The number of hydrogen-bond acceptors (Lipinski definition) is 4. The Balaban J connectivity index is 2.04. The van der Waals surface area contributed by atoms with Gasteiger partial charge in [0.2, 0.25) is 0 Å². The van der Waals surface area contributed by atoms with Crippen LogP contribution in [0.1, 0.15) is 35.9 Å². The van der Waals surface area contributed by atoms with Gasteiger partial charge in [0.25, 0.3) is 0 Å². The minimum absolute atomic E-state index is 0.0385. The number of hydrogen-bond donors (Lipinski definition) is 2. The molecule has 110 valence electrons. The van der Waals surface area contributed by atoms with Crippen LogP contribution in [0.2, 0.25) is 0 Å². The van der Waals surface area contributed by atoms with Crippen LogP contribution in [0.4, 0.5) is 4.39 Å². The van der Waals surface area contributed by atoms with Crippen molar-refractivity contribution in [2.75, 3.05) is 6.54 Å². The molecule has 2 atom stereocenters. The largest absolute Gasteiger partial charge is 0.383 e. The molecule has 0 fully saturated rings. The second kappa shape index (κ2) is 6.35. The first-order valence-corrected chi connectivity index (χ1v) is 7.51. The summed E-state index contributed by atoms with van der Waals surface area (Å²) in [4.78, 5) is 0.883. The first kappa shape index (κ1) is 15.6. The average Bonchev–Trinajstić information content (AvgIpc) is 2.99. The Hall–Kier alpha value is -1.74. The lowest BCUT2D eigenvalue weighted by Crippen LogP contribution is -2.36. The highest BCUT2D eigenvalue weighted by Gasteiger charge is 2.24. The molecule has 0 saturated heterocycles. The molecule has 0 saturated carbocycles. The third-order valence-electron chi connectivity index (χ3n) is 3.42. The summed E-state index contributed by atoms with van der Waals surface area (Å²) in [6.07, 6.45) is 0. The third-order valence-corrected chi connectivity index (χ3v) is 4.54. The number of aliphatic hydroxyl groups is 1. The van der Waals surface area contributed by atoms with E-state index in [4.69, 9.17) is 5.26 Å². The zero-order valence-electron chi connectivity index (χ0n) is 11.9. The minimum Gasteiger partial charge on any atom is -0.383 e. The molecule has 0 radical (unpaired) electrons. The van der Waals surface area contributed by atoms with Gasteiger partial charge in [0.15, 0.2) is 0 Å². The molecule has 0 spiro atoms. The van der Waals surface area contributed by atoms with Gasteiger partial charge in [0.1, 0.15) is 17.5 Å². The quantitative estimate of drug-likeness (QED) is 0.891. The van der Waals surface area contributed by atoms with E-state index in [0.717, 1.165) is 10.4 Å². The van der Waals surface area contributed by atoms with E-state index in [1.807, 2.05) is 24.4 Å². The molecule has 2 aromatic rings. The Morgan fingerprint density at radius 2 is 2.24 bits per heavy atom. The number of nitrogens with one attached hydrogen (secondary N) is 1. The number of rotatable bonds is 5. The second-order valence-corrected chi connectivity index (χ2v) is 6.15. The number of nitrogens with zero attached hydrogens (tertiary/aromatic N) is 1. The van der Waals surface area contributed by atoms with E-state index in [2.05, 4.69) is 5.32 Å². The van der Waals surface area contributed by atoms with Gasteiger partial charge in [-0.25, -0.2) is 4.39 Å². The molecule has 5 heteroatoms. The summed E-state index contributed by atoms with van der Waals surface area (Å²) in [6, 6.07) is 10.0. The Morgan fingerprint density at radius 1 is 1.48 bits per heavy atom. The van der Waals surface area contributed by atoms with Crippen molar-refractivity contribution < 1.29 is 9.50 Å². The third kappa shape index (κ3) is 3.67. The van der Waals surface area contributed by atoms with Gasteiger partial charge in [0, 0.05) is 17.5 Å². The number of halogens is 1. The number of thiophene rings is 1. The topological polar surface area (TPSA) is 56.0 Å². The maximum atomic E-state index is 13.6.